The first-order valence-electron chi connectivity index (χ1n) is 5.73. The van der Waals surface area contributed by atoms with Crippen LogP contribution in [0, 0.1) is 0 Å². The van der Waals surface area contributed by atoms with Crippen molar-refractivity contribution in [1.82, 2.24) is 0 Å². The van der Waals surface area contributed by atoms with Gasteiger partial charge in [0.25, 0.3) is 0 Å². The number of hydrogen-bond donors (Lipinski definition) is 0. The second kappa shape index (κ2) is 6.21. The van der Waals surface area contributed by atoms with Crippen LogP contribution >= 0.6 is 27.3 Å². The molecular weight excluding hydrogens is 326 g/mol. The molecule has 1 aromatic carbocycles. The van der Waals surface area contributed by atoms with E-state index in [4.69, 9.17) is 4.74 Å². The Balaban J connectivity index is 2.23. The average molecular weight is 340 g/mol. The predicted molar refractivity (Wildman–Crippen MR) is 81.9 cm³/mol. The number of benzene rings is 1. The molecule has 2 rings (SSSR count). The molecule has 0 N–H and O–H groups in total. The monoisotopic (exact) mass is 339 g/mol. The zero-order valence-electron chi connectivity index (χ0n) is 10.7. The Morgan fingerprint density at radius 3 is 2.79 bits per heavy atom. The zero-order chi connectivity index (χ0) is 13.8. The molecule has 0 radical (unpaired) electrons. The van der Waals surface area contributed by atoms with Gasteiger partial charge in [0, 0.05) is 21.8 Å². The summed E-state index contributed by atoms with van der Waals surface area (Å²) in [5, 5.41) is 2.05. The van der Waals surface area contributed by atoms with Crippen molar-refractivity contribution in [3.63, 3.8) is 0 Å². The lowest BCUT2D eigenvalue weighted by Crippen LogP contribution is -2.19. The smallest absolute Gasteiger partial charge is 0.339 e. The van der Waals surface area contributed by atoms with E-state index in [-0.39, 0.29) is 5.97 Å². The number of hydrogen-bond acceptors (Lipinski definition) is 4. The van der Waals surface area contributed by atoms with E-state index in [1.807, 2.05) is 30.1 Å². The van der Waals surface area contributed by atoms with Crippen LogP contribution in [-0.2, 0) is 11.3 Å². The van der Waals surface area contributed by atoms with Crippen LogP contribution in [0.3, 0.4) is 0 Å². The molecule has 1 heterocycles. The summed E-state index contributed by atoms with van der Waals surface area (Å²) >= 11 is 5.13. The Hall–Kier alpha value is -1.33. The summed E-state index contributed by atoms with van der Waals surface area (Å²) in [5.41, 5.74) is 1.46. The normalized spacial score (nSPS) is 10.3. The van der Waals surface area contributed by atoms with E-state index < -0.39 is 0 Å². The third kappa shape index (κ3) is 3.36. The molecule has 19 heavy (non-hydrogen) atoms. The van der Waals surface area contributed by atoms with Gasteiger partial charge in [0.2, 0.25) is 0 Å². The van der Waals surface area contributed by atoms with Gasteiger partial charge in [-0.3, -0.25) is 0 Å². The summed E-state index contributed by atoms with van der Waals surface area (Å²) in [6.07, 6.45) is 0. The van der Waals surface area contributed by atoms with E-state index in [1.54, 1.807) is 17.4 Å². The zero-order valence-corrected chi connectivity index (χ0v) is 13.1. The molecule has 2 aromatic rings. The summed E-state index contributed by atoms with van der Waals surface area (Å²) in [4.78, 5) is 15.0. The summed E-state index contributed by atoms with van der Waals surface area (Å²) < 4.78 is 5.90. The summed E-state index contributed by atoms with van der Waals surface area (Å²) in [5.74, 6) is -0.310. The van der Waals surface area contributed by atoms with Crippen molar-refractivity contribution < 1.29 is 9.53 Å². The highest BCUT2D eigenvalue weighted by atomic mass is 79.9. The topological polar surface area (TPSA) is 29.5 Å². The number of nitrogens with zero attached hydrogens (tertiary/aromatic N) is 1. The van der Waals surface area contributed by atoms with Crippen molar-refractivity contribution in [2.75, 3.05) is 19.1 Å². The number of rotatable bonds is 4. The molecule has 3 nitrogen and oxygen atoms in total. The molecular formula is C14H14BrNO2S. The Morgan fingerprint density at radius 1 is 1.42 bits per heavy atom. The van der Waals surface area contributed by atoms with Gasteiger partial charge in [-0.1, -0.05) is 12.1 Å². The third-order valence-corrected chi connectivity index (χ3v) is 4.42. The average Bonchev–Trinajstić information content (AvgIpc) is 2.83. The Kier molecular flexibility index (Phi) is 4.61. The van der Waals surface area contributed by atoms with Gasteiger partial charge in [0.1, 0.15) is 0 Å². The van der Waals surface area contributed by atoms with E-state index in [1.165, 1.54) is 12.0 Å². The Bertz CT molecular complexity index is 582. The summed E-state index contributed by atoms with van der Waals surface area (Å²) in [6.45, 7) is 0.754. The number of anilines is 1. The van der Waals surface area contributed by atoms with Crippen LogP contribution in [0.1, 0.15) is 15.2 Å². The number of para-hydroxylation sites is 1. The third-order valence-electron chi connectivity index (χ3n) is 2.74. The molecule has 5 heteroatoms. The van der Waals surface area contributed by atoms with Crippen molar-refractivity contribution in [2.24, 2.45) is 0 Å². The molecule has 0 unspecified atom stereocenters. The van der Waals surface area contributed by atoms with Crippen LogP contribution in [0.4, 0.5) is 5.69 Å². The Morgan fingerprint density at radius 2 is 2.16 bits per heavy atom. The molecule has 0 saturated heterocycles. The molecule has 1 aromatic heterocycles. The first kappa shape index (κ1) is 14.1. The van der Waals surface area contributed by atoms with Gasteiger partial charge in [-0.15, -0.1) is 11.3 Å². The van der Waals surface area contributed by atoms with Crippen molar-refractivity contribution in [3.05, 3.63) is 50.6 Å². The minimum Gasteiger partial charge on any atom is -0.465 e. The molecule has 0 spiro atoms. The lowest BCUT2D eigenvalue weighted by Gasteiger charge is -2.20. The quantitative estimate of drug-likeness (QED) is 0.790. The largest absolute Gasteiger partial charge is 0.465 e. The van der Waals surface area contributed by atoms with Crippen LogP contribution in [0.25, 0.3) is 0 Å². The van der Waals surface area contributed by atoms with Crippen molar-refractivity contribution in [1.29, 1.82) is 0 Å². The maximum Gasteiger partial charge on any atom is 0.339 e. The number of thiophene rings is 1. The fraction of sp³-hybridized carbons (Fsp3) is 0.214. The highest BCUT2D eigenvalue weighted by molar-refractivity contribution is 9.10. The Labute approximate surface area is 124 Å². The molecule has 0 aliphatic rings. The van der Waals surface area contributed by atoms with Crippen molar-refractivity contribution in [3.8, 4) is 0 Å². The van der Waals surface area contributed by atoms with Gasteiger partial charge in [0.05, 0.1) is 24.9 Å². The van der Waals surface area contributed by atoms with E-state index >= 15 is 0 Å². The number of carbonyl (C=O) groups is 1. The van der Waals surface area contributed by atoms with Gasteiger partial charge in [-0.2, -0.15) is 0 Å². The van der Waals surface area contributed by atoms with Gasteiger partial charge in [-0.05, 0) is 34.1 Å². The lowest BCUT2D eigenvalue weighted by molar-refractivity contribution is 0.0601. The SMILES string of the molecule is COC(=O)c1ccccc1N(C)Cc1cc(Br)cs1. The van der Waals surface area contributed by atoms with E-state index in [0.717, 1.165) is 16.7 Å². The van der Waals surface area contributed by atoms with Crippen molar-refractivity contribution in [2.45, 2.75) is 6.54 Å². The number of ether oxygens (including phenoxy) is 1. The van der Waals surface area contributed by atoms with E-state index in [0.29, 0.717) is 5.56 Å². The van der Waals surface area contributed by atoms with Crippen LogP contribution in [0.5, 0.6) is 0 Å². The molecule has 0 saturated carbocycles. The fourth-order valence-electron chi connectivity index (χ4n) is 1.84. The van der Waals surface area contributed by atoms with Crippen LogP contribution in [0.2, 0.25) is 0 Å². The number of methoxy groups -OCH3 is 1. The minimum absolute atomic E-state index is 0.310. The van der Waals surface area contributed by atoms with Crippen LogP contribution in [0.15, 0.2) is 40.2 Å². The molecule has 0 aliphatic heterocycles. The van der Waals surface area contributed by atoms with Gasteiger partial charge >= 0.3 is 5.97 Å². The highest BCUT2D eigenvalue weighted by Gasteiger charge is 2.14. The maximum absolute atomic E-state index is 11.7. The molecule has 0 aliphatic carbocycles. The number of esters is 1. The predicted octanol–water partition coefficient (Wildman–Crippen LogP) is 3.93. The van der Waals surface area contributed by atoms with Gasteiger partial charge in [-0.25, -0.2) is 4.79 Å². The molecule has 0 fully saturated rings. The summed E-state index contributed by atoms with van der Waals surface area (Å²) in [7, 11) is 3.37. The molecule has 100 valence electrons. The van der Waals surface area contributed by atoms with Crippen LogP contribution in [-0.4, -0.2) is 20.1 Å². The van der Waals surface area contributed by atoms with Gasteiger partial charge in [0.15, 0.2) is 0 Å². The minimum atomic E-state index is -0.310. The lowest BCUT2D eigenvalue weighted by atomic mass is 10.1. The second-order valence-corrected chi connectivity index (χ2v) is 6.01. The standard InChI is InChI=1S/C14H14BrNO2S/c1-16(8-11-7-10(15)9-19-11)13-6-4-3-5-12(13)14(17)18-2/h3-7,9H,8H2,1-2H3. The maximum atomic E-state index is 11.7. The first-order valence-corrected chi connectivity index (χ1v) is 7.40. The first-order chi connectivity index (χ1) is 9.11. The summed E-state index contributed by atoms with van der Waals surface area (Å²) in [6, 6.07) is 9.55. The fourth-order valence-corrected chi connectivity index (χ4v) is 3.35. The molecule has 0 amide bonds. The van der Waals surface area contributed by atoms with Gasteiger partial charge < -0.3 is 9.64 Å². The van der Waals surface area contributed by atoms with Crippen LogP contribution < -0.4 is 4.90 Å². The number of halogens is 1. The highest BCUT2D eigenvalue weighted by Crippen LogP contribution is 2.25. The van der Waals surface area contributed by atoms with Crippen molar-refractivity contribution >= 4 is 38.9 Å². The second-order valence-electron chi connectivity index (χ2n) is 4.10. The van der Waals surface area contributed by atoms with E-state index in [9.17, 15) is 4.79 Å². The molecule has 0 bridgehead atoms. The molecule has 0 atom stereocenters. The van der Waals surface area contributed by atoms with E-state index in [2.05, 4.69) is 27.4 Å². The number of carbonyl (C=O) groups excluding carboxylic acids is 1.